The van der Waals surface area contributed by atoms with E-state index >= 15 is 0 Å². The van der Waals surface area contributed by atoms with Crippen molar-refractivity contribution in [2.75, 3.05) is 13.6 Å². The Hall–Kier alpha value is -1.38. The van der Waals surface area contributed by atoms with Gasteiger partial charge >= 0.3 is 0 Å². The quantitative estimate of drug-likeness (QED) is 0.802. The van der Waals surface area contributed by atoms with Crippen LogP contribution in [0.25, 0.3) is 0 Å². The summed E-state index contributed by atoms with van der Waals surface area (Å²) in [5, 5.41) is 8.53. The van der Waals surface area contributed by atoms with Crippen molar-refractivity contribution < 1.29 is 8.42 Å². The van der Waals surface area contributed by atoms with Gasteiger partial charge in [0.2, 0.25) is 10.0 Å². The van der Waals surface area contributed by atoms with Gasteiger partial charge in [-0.25, -0.2) is 12.7 Å². The molecule has 0 aliphatic carbocycles. The molecule has 0 atom stereocenters. The van der Waals surface area contributed by atoms with Crippen molar-refractivity contribution in [1.82, 2.24) is 4.31 Å². The van der Waals surface area contributed by atoms with E-state index in [4.69, 9.17) is 5.26 Å². The zero-order valence-electron chi connectivity index (χ0n) is 10.0. The molecule has 4 nitrogen and oxygen atoms in total. The van der Waals surface area contributed by atoms with Crippen LogP contribution in [-0.4, -0.2) is 26.3 Å². The van der Waals surface area contributed by atoms with Crippen molar-refractivity contribution in [3.8, 4) is 6.07 Å². The molecule has 1 rings (SSSR count). The largest absolute Gasteiger partial charge is 0.242 e. The summed E-state index contributed by atoms with van der Waals surface area (Å²) < 4.78 is 25.4. The number of nitriles is 1. The molecule has 1 aromatic carbocycles. The van der Waals surface area contributed by atoms with Gasteiger partial charge in [0.05, 0.1) is 17.4 Å². The minimum Gasteiger partial charge on any atom is -0.207 e. The van der Waals surface area contributed by atoms with Crippen molar-refractivity contribution in [3.63, 3.8) is 0 Å². The monoisotopic (exact) mass is 252 g/mol. The first-order valence-electron chi connectivity index (χ1n) is 5.44. The van der Waals surface area contributed by atoms with Crippen molar-refractivity contribution in [2.45, 2.75) is 24.7 Å². The van der Waals surface area contributed by atoms with Gasteiger partial charge in [-0.2, -0.15) is 5.26 Å². The van der Waals surface area contributed by atoms with Crippen LogP contribution in [0.15, 0.2) is 29.2 Å². The van der Waals surface area contributed by atoms with Gasteiger partial charge in [-0.3, -0.25) is 0 Å². The molecule has 0 saturated carbocycles. The van der Waals surface area contributed by atoms with E-state index in [1.807, 2.05) is 13.0 Å². The van der Waals surface area contributed by atoms with Crippen molar-refractivity contribution in [3.05, 3.63) is 29.8 Å². The van der Waals surface area contributed by atoms with E-state index in [2.05, 4.69) is 0 Å². The maximum absolute atomic E-state index is 12.1. The van der Waals surface area contributed by atoms with Gasteiger partial charge in [-0.15, -0.1) is 0 Å². The fraction of sp³-hybridized carbons (Fsp3) is 0.417. The summed E-state index contributed by atoms with van der Waals surface area (Å²) in [4.78, 5) is 0.273. The summed E-state index contributed by atoms with van der Waals surface area (Å²) in [6.07, 6.45) is 1.08. The first kappa shape index (κ1) is 13.7. The van der Waals surface area contributed by atoms with Gasteiger partial charge < -0.3 is 0 Å². The first-order valence-corrected chi connectivity index (χ1v) is 6.88. The number of hydrogen-bond donors (Lipinski definition) is 0. The van der Waals surface area contributed by atoms with E-state index in [0.717, 1.165) is 12.0 Å². The van der Waals surface area contributed by atoms with Gasteiger partial charge in [0.15, 0.2) is 0 Å². The topological polar surface area (TPSA) is 61.2 Å². The Morgan fingerprint density at radius 1 is 1.29 bits per heavy atom. The van der Waals surface area contributed by atoms with Gasteiger partial charge in [0, 0.05) is 13.6 Å². The number of sulfonamides is 1. The summed E-state index contributed by atoms with van der Waals surface area (Å²) in [5.74, 6) is 0. The van der Waals surface area contributed by atoms with Crippen molar-refractivity contribution in [1.29, 1.82) is 5.26 Å². The average Bonchev–Trinajstić information content (AvgIpc) is 2.30. The smallest absolute Gasteiger partial charge is 0.207 e. The molecule has 0 amide bonds. The molecule has 0 fully saturated rings. The van der Waals surface area contributed by atoms with E-state index in [1.165, 1.54) is 4.31 Å². The molecule has 17 heavy (non-hydrogen) atoms. The maximum Gasteiger partial charge on any atom is 0.242 e. The van der Waals surface area contributed by atoms with Crippen LogP contribution < -0.4 is 0 Å². The van der Waals surface area contributed by atoms with E-state index in [-0.39, 0.29) is 4.90 Å². The second-order valence-corrected chi connectivity index (χ2v) is 5.85. The SMILES string of the molecule is CCCN(C)S(=O)(=O)c1ccc(CC#N)cc1. The van der Waals surface area contributed by atoms with Crippen LogP contribution in [0.4, 0.5) is 0 Å². The number of nitrogens with zero attached hydrogens (tertiary/aromatic N) is 2. The van der Waals surface area contributed by atoms with Crippen LogP contribution >= 0.6 is 0 Å². The lowest BCUT2D eigenvalue weighted by Crippen LogP contribution is -2.27. The highest BCUT2D eigenvalue weighted by molar-refractivity contribution is 7.89. The summed E-state index contributed by atoms with van der Waals surface area (Å²) in [6, 6.07) is 8.48. The fourth-order valence-corrected chi connectivity index (χ4v) is 2.75. The van der Waals surface area contributed by atoms with E-state index in [0.29, 0.717) is 13.0 Å². The molecular weight excluding hydrogens is 236 g/mol. The molecule has 0 radical (unpaired) electrons. The number of hydrogen-bond acceptors (Lipinski definition) is 3. The molecule has 5 heteroatoms. The summed E-state index contributed by atoms with van der Waals surface area (Å²) >= 11 is 0. The molecule has 0 bridgehead atoms. The molecule has 0 saturated heterocycles. The molecule has 0 aromatic heterocycles. The van der Waals surface area contributed by atoms with Crippen molar-refractivity contribution in [2.24, 2.45) is 0 Å². The Morgan fingerprint density at radius 3 is 2.35 bits per heavy atom. The second kappa shape index (κ2) is 5.80. The minimum atomic E-state index is -3.38. The van der Waals surface area contributed by atoms with Crippen LogP contribution in [0, 0.1) is 11.3 Å². The highest BCUT2D eigenvalue weighted by Crippen LogP contribution is 2.15. The first-order chi connectivity index (χ1) is 8.02. The number of rotatable bonds is 5. The molecule has 92 valence electrons. The summed E-state index contributed by atoms with van der Waals surface area (Å²) in [5.41, 5.74) is 0.824. The van der Waals surface area contributed by atoms with E-state index in [9.17, 15) is 8.42 Å². The predicted molar refractivity (Wildman–Crippen MR) is 65.9 cm³/mol. The lowest BCUT2D eigenvalue weighted by molar-refractivity contribution is 0.468. The van der Waals surface area contributed by atoms with Crippen LogP contribution in [-0.2, 0) is 16.4 Å². The molecule has 0 aliphatic rings. The molecule has 0 N–H and O–H groups in total. The number of benzene rings is 1. The van der Waals surface area contributed by atoms with Crippen LogP contribution in [0.1, 0.15) is 18.9 Å². The Morgan fingerprint density at radius 2 is 1.88 bits per heavy atom. The summed E-state index contributed by atoms with van der Waals surface area (Å²) in [7, 11) is -1.81. The zero-order chi connectivity index (χ0) is 12.9. The van der Waals surface area contributed by atoms with E-state index < -0.39 is 10.0 Å². The van der Waals surface area contributed by atoms with Crippen molar-refractivity contribution >= 4 is 10.0 Å². The molecule has 0 unspecified atom stereocenters. The minimum absolute atomic E-state index is 0.273. The average molecular weight is 252 g/mol. The lowest BCUT2D eigenvalue weighted by Gasteiger charge is -2.16. The Bertz CT molecular complexity index is 500. The van der Waals surface area contributed by atoms with Crippen LogP contribution in [0.3, 0.4) is 0 Å². The fourth-order valence-electron chi connectivity index (χ4n) is 1.49. The lowest BCUT2D eigenvalue weighted by atomic mass is 10.2. The van der Waals surface area contributed by atoms with E-state index in [1.54, 1.807) is 31.3 Å². The Kier molecular flexibility index (Phi) is 4.67. The van der Waals surface area contributed by atoms with Gasteiger partial charge in [-0.1, -0.05) is 19.1 Å². The standard InChI is InChI=1S/C12H16N2O2S/c1-3-10-14(2)17(15,16)12-6-4-11(5-7-12)8-9-13/h4-7H,3,8,10H2,1-2H3. The second-order valence-electron chi connectivity index (χ2n) is 3.81. The summed E-state index contributed by atoms with van der Waals surface area (Å²) in [6.45, 7) is 2.43. The Labute approximate surface area is 103 Å². The van der Waals surface area contributed by atoms with Crippen LogP contribution in [0.5, 0.6) is 0 Å². The zero-order valence-corrected chi connectivity index (χ0v) is 10.9. The third-order valence-corrected chi connectivity index (χ3v) is 4.32. The molecule has 0 heterocycles. The van der Waals surface area contributed by atoms with Crippen LogP contribution in [0.2, 0.25) is 0 Å². The Balaban J connectivity index is 2.97. The third kappa shape index (κ3) is 3.29. The third-order valence-electron chi connectivity index (χ3n) is 2.45. The molecular formula is C12H16N2O2S. The van der Waals surface area contributed by atoms with Gasteiger partial charge in [0.1, 0.15) is 0 Å². The normalized spacial score (nSPS) is 11.4. The van der Waals surface area contributed by atoms with Gasteiger partial charge in [0.25, 0.3) is 0 Å². The molecule has 0 aliphatic heterocycles. The maximum atomic E-state index is 12.1. The predicted octanol–water partition coefficient (Wildman–Crippen LogP) is 1.78. The highest BCUT2D eigenvalue weighted by atomic mass is 32.2. The molecule has 0 spiro atoms. The molecule has 1 aromatic rings. The van der Waals surface area contributed by atoms with Gasteiger partial charge in [-0.05, 0) is 24.1 Å². The highest BCUT2D eigenvalue weighted by Gasteiger charge is 2.19.